The van der Waals surface area contributed by atoms with Gasteiger partial charge in [-0.2, -0.15) is 0 Å². The topological polar surface area (TPSA) is 74.4 Å². The van der Waals surface area contributed by atoms with Gasteiger partial charge in [-0.25, -0.2) is 19.5 Å². The summed E-state index contributed by atoms with van der Waals surface area (Å²) in [6, 6.07) is 17.8. The van der Waals surface area contributed by atoms with Gasteiger partial charge in [-0.15, -0.1) is 16.4 Å². The highest BCUT2D eigenvalue weighted by atomic mass is 32.1. The summed E-state index contributed by atoms with van der Waals surface area (Å²) in [6.45, 7) is 4.55. The first-order valence-electron chi connectivity index (χ1n) is 10.9. The largest absolute Gasteiger partial charge is 0.497 e. The quantitative estimate of drug-likeness (QED) is 0.321. The van der Waals surface area contributed by atoms with Gasteiger partial charge in [-0.1, -0.05) is 24.3 Å². The molecular weight excluding hydrogens is 446 g/mol. The van der Waals surface area contributed by atoms with E-state index in [9.17, 15) is 0 Å². The first kappa shape index (κ1) is 20.6. The van der Waals surface area contributed by atoms with Gasteiger partial charge in [0.2, 0.25) is 0 Å². The molecule has 4 heterocycles. The van der Waals surface area contributed by atoms with Crippen LogP contribution < -0.4 is 9.47 Å². The highest BCUT2D eigenvalue weighted by molar-refractivity contribution is 7.26. The minimum absolute atomic E-state index is 0.431. The highest BCUT2D eigenvalue weighted by Gasteiger charge is 2.17. The average molecular weight is 468 g/mol. The minimum atomic E-state index is 0.431. The molecule has 34 heavy (non-hydrogen) atoms. The van der Waals surface area contributed by atoms with E-state index in [2.05, 4.69) is 19.1 Å². The lowest BCUT2D eigenvalue weighted by molar-refractivity contribution is 0.303. The van der Waals surface area contributed by atoms with Gasteiger partial charge in [-0.05, 0) is 49.2 Å². The maximum absolute atomic E-state index is 5.96. The van der Waals surface area contributed by atoms with E-state index in [1.54, 1.807) is 29.3 Å². The summed E-state index contributed by atoms with van der Waals surface area (Å²) in [5, 5.41) is 5.79. The van der Waals surface area contributed by atoms with Gasteiger partial charge < -0.3 is 9.47 Å². The second-order valence-electron chi connectivity index (χ2n) is 8.16. The molecule has 0 aliphatic carbocycles. The molecule has 0 saturated heterocycles. The smallest absolute Gasteiger partial charge is 0.182 e. The van der Waals surface area contributed by atoms with Gasteiger partial charge >= 0.3 is 0 Å². The Kier molecular flexibility index (Phi) is 4.88. The second kappa shape index (κ2) is 8.07. The highest BCUT2D eigenvalue weighted by Crippen LogP contribution is 2.36. The second-order valence-corrected chi connectivity index (χ2v) is 9.16. The molecule has 0 atom stereocenters. The van der Waals surface area contributed by atoms with Crippen LogP contribution in [-0.2, 0) is 6.61 Å². The predicted molar refractivity (Wildman–Crippen MR) is 134 cm³/mol. The number of methoxy groups -OCH3 is 1. The van der Waals surface area contributed by atoms with Crippen molar-refractivity contribution in [3.63, 3.8) is 0 Å². The van der Waals surface area contributed by atoms with Crippen molar-refractivity contribution < 1.29 is 9.47 Å². The SMILES string of the molecule is COc1cccc(OCc2cccc(-c3nc4c5sc6nc(C)cc(C)c6c5ncn4n3)c2)c1. The summed E-state index contributed by atoms with van der Waals surface area (Å²) >= 11 is 1.61. The maximum Gasteiger partial charge on any atom is 0.182 e. The van der Waals surface area contributed by atoms with Gasteiger partial charge in [-0.3, -0.25) is 0 Å². The van der Waals surface area contributed by atoms with Gasteiger partial charge in [0, 0.05) is 22.7 Å². The van der Waals surface area contributed by atoms with Crippen molar-refractivity contribution in [2.75, 3.05) is 7.11 Å². The fourth-order valence-electron chi connectivity index (χ4n) is 4.15. The van der Waals surface area contributed by atoms with E-state index in [0.29, 0.717) is 12.4 Å². The van der Waals surface area contributed by atoms with E-state index in [1.165, 1.54) is 5.56 Å². The zero-order valence-corrected chi connectivity index (χ0v) is 19.8. The lowest BCUT2D eigenvalue weighted by Crippen LogP contribution is -1.96. The number of hydrogen-bond donors (Lipinski definition) is 0. The Morgan fingerprint density at radius 1 is 0.971 bits per heavy atom. The summed E-state index contributed by atoms with van der Waals surface area (Å²) in [4.78, 5) is 15.3. The molecule has 0 N–H and O–H groups in total. The van der Waals surface area contributed by atoms with Crippen molar-refractivity contribution in [2.24, 2.45) is 0 Å². The summed E-state index contributed by atoms with van der Waals surface area (Å²) in [5.74, 6) is 2.17. The van der Waals surface area contributed by atoms with Gasteiger partial charge in [0.25, 0.3) is 0 Å². The molecule has 8 heteroatoms. The predicted octanol–water partition coefficient (Wildman–Crippen LogP) is 5.76. The fraction of sp³-hybridized carbons (Fsp3) is 0.154. The minimum Gasteiger partial charge on any atom is -0.497 e. The van der Waals surface area contributed by atoms with Gasteiger partial charge in [0.15, 0.2) is 11.5 Å². The fourth-order valence-corrected chi connectivity index (χ4v) is 5.37. The molecule has 4 aromatic heterocycles. The third-order valence-corrected chi connectivity index (χ3v) is 6.79. The molecule has 2 aromatic carbocycles. The number of thiophene rings is 1. The maximum atomic E-state index is 5.96. The Hall–Kier alpha value is -4.04. The number of aromatic nitrogens is 5. The van der Waals surface area contributed by atoms with Crippen molar-refractivity contribution >= 4 is 37.4 Å². The molecule has 0 aliphatic heterocycles. The monoisotopic (exact) mass is 467 g/mol. The summed E-state index contributed by atoms with van der Waals surface area (Å²) in [6.07, 6.45) is 1.73. The van der Waals surface area contributed by atoms with Crippen molar-refractivity contribution in [1.29, 1.82) is 0 Å². The van der Waals surface area contributed by atoms with Crippen LogP contribution in [0.1, 0.15) is 16.8 Å². The molecule has 0 aliphatic rings. The third kappa shape index (κ3) is 3.52. The number of aryl methyl sites for hydroxylation is 2. The van der Waals surface area contributed by atoms with Crippen LogP contribution in [0.2, 0.25) is 0 Å². The number of benzene rings is 2. The Bertz CT molecular complexity index is 1690. The van der Waals surface area contributed by atoms with Crippen molar-refractivity contribution in [3.05, 3.63) is 77.7 Å². The van der Waals surface area contributed by atoms with Crippen molar-refractivity contribution in [3.8, 4) is 22.9 Å². The molecule has 0 spiro atoms. The Morgan fingerprint density at radius 3 is 2.71 bits per heavy atom. The number of rotatable bonds is 5. The Balaban J connectivity index is 1.36. The molecule has 0 fully saturated rings. The zero-order valence-electron chi connectivity index (χ0n) is 18.9. The van der Waals surface area contributed by atoms with Crippen LogP contribution in [0.15, 0.2) is 60.9 Å². The molecule has 6 aromatic rings. The Morgan fingerprint density at radius 2 is 1.82 bits per heavy atom. The van der Waals surface area contributed by atoms with Crippen LogP contribution in [0.25, 0.3) is 37.5 Å². The van der Waals surface area contributed by atoms with E-state index in [4.69, 9.17) is 29.5 Å². The van der Waals surface area contributed by atoms with Gasteiger partial charge in [0.05, 0.1) is 12.6 Å². The Labute approximate surface area is 199 Å². The molecule has 0 saturated carbocycles. The molecule has 0 amide bonds. The molecular formula is C26H21N5O2S. The van der Waals surface area contributed by atoms with Crippen LogP contribution in [0.5, 0.6) is 11.5 Å². The third-order valence-electron chi connectivity index (χ3n) is 5.72. The average Bonchev–Trinajstić information content (AvgIpc) is 3.44. The van der Waals surface area contributed by atoms with E-state index < -0.39 is 0 Å². The van der Waals surface area contributed by atoms with Crippen LogP contribution in [-0.4, -0.2) is 31.7 Å². The number of fused-ring (bicyclic) bond motifs is 5. The van der Waals surface area contributed by atoms with Gasteiger partial charge in [0.1, 0.15) is 34.0 Å². The lowest BCUT2D eigenvalue weighted by Gasteiger charge is -2.08. The normalized spacial score (nSPS) is 11.5. The lowest BCUT2D eigenvalue weighted by atomic mass is 10.1. The molecule has 7 nitrogen and oxygen atoms in total. The number of pyridine rings is 1. The summed E-state index contributed by atoms with van der Waals surface area (Å²) in [5.41, 5.74) is 5.85. The van der Waals surface area contributed by atoms with Crippen LogP contribution in [0.4, 0.5) is 0 Å². The van der Waals surface area contributed by atoms with Crippen LogP contribution >= 0.6 is 11.3 Å². The number of nitrogens with zero attached hydrogens (tertiary/aromatic N) is 5. The first-order valence-corrected chi connectivity index (χ1v) is 11.7. The van der Waals surface area contributed by atoms with Crippen molar-refractivity contribution in [2.45, 2.75) is 20.5 Å². The van der Waals surface area contributed by atoms with Crippen LogP contribution in [0.3, 0.4) is 0 Å². The first-order chi connectivity index (χ1) is 16.6. The standard InChI is InChI=1S/C26H21N5O2S/c1-15-10-16(2)28-26-21(15)22-23(34-26)25-29-24(30-31(25)14-27-22)18-7-4-6-17(11-18)13-33-20-9-5-8-19(12-20)32-3/h4-12,14H,13H2,1-3H3. The molecule has 168 valence electrons. The van der Waals surface area contributed by atoms with Crippen molar-refractivity contribution in [1.82, 2.24) is 24.6 Å². The molecule has 0 bridgehead atoms. The van der Waals surface area contributed by atoms with Crippen LogP contribution in [0, 0.1) is 13.8 Å². The van der Waals surface area contributed by atoms with E-state index in [-0.39, 0.29) is 0 Å². The number of hydrogen-bond acceptors (Lipinski definition) is 7. The number of ether oxygens (including phenoxy) is 2. The molecule has 0 radical (unpaired) electrons. The summed E-state index contributed by atoms with van der Waals surface area (Å²) in [7, 11) is 1.64. The molecule has 6 rings (SSSR count). The van der Waals surface area contributed by atoms with E-state index in [0.717, 1.165) is 54.4 Å². The van der Waals surface area contributed by atoms with E-state index in [1.807, 2.05) is 49.4 Å². The molecule has 0 unspecified atom stereocenters. The zero-order chi connectivity index (χ0) is 23.2. The van der Waals surface area contributed by atoms with E-state index >= 15 is 0 Å². The summed E-state index contributed by atoms with van der Waals surface area (Å²) < 4.78 is 14.0.